The van der Waals surface area contributed by atoms with Crippen molar-refractivity contribution < 1.29 is 0 Å². The molecule has 0 bridgehead atoms. The lowest BCUT2D eigenvalue weighted by Gasteiger charge is -2.10. The molecule has 0 radical (unpaired) electrons. The second kappa shape index (κ2) is 7.97. The quantitative estimate of drug-likeness (QED) is 0.346. The number of aliphatic imine (C=N–C) groups is 1. The van der Waals surface area contributed by atoms with Gasteiger partial charge in [-0.2, -0.15) is 5.10 Å². The van der Waals surface area contributed by atoms with Crippen LogP contribution in [0.5, 0.6) is 0 Å². The topological polar surface area (TPSA) is 128 Å². The van der Waals surface area contributed by atoms with E-state index in [0.29, 0.717) is 18.8 Å². The molecule has 4 rings (SSSR count). The summed E-state index contributed by atoms with van der Waals surface area (Å²) < 4.78 is 1.67. The highest BCUT2D eigenvalue weighted by molar-refractivity contribution is 6.06. The van der Waals surface area contributed by atoms with Crippen LogP contribution in [0.2, 0.25) is 0 Å². The summed E-state index contributed by atoms with van der Waals surface area (Å²) in [4.78, 5) is 20.6. The number of nitrogens with one attached hydrogen (secondary N) is 1. The van der Waals surface area contributed by atoms with Gasteiger partial charge in [0.25, 0.3) is 0 Å². The molecule has 0 atom stereocenters. The number of hydrogen-bond donors (Lipinski definition) is 3. The molecule has 0 aliphatic rings. The van der Waals surface area contributed by atoms with Crippen molar-refractivity contribution in [1.82, 2.24) is 19.7 Å². The Bertz CT molecular complexity index is 1230. The largest absolute Gasteiger partial charge is 0.395 e. The Morgan fingerprint density at radius 1 is 1.17 bits per heavy atom. The normalized spacial score (nSPS) is 11.4. The molecule has 8 heteroatoms. The van der Waals surface area contributed by atoms with Gasteiger partial charge < -0.3 is 16.0 Å². The maximum absolute atomic E-state index is 11.7. The average Bonchev–Trinajstić information content (AvgIpc) is 3.26. The van der Waals surface area contributed by atoms with Gasteiger partial charge in [-0.25, -0.2) is 4.98 Å². The Hall–Kier alpha value is -3.94. The van der Waals surface area contributed by atoms with Gasteiger partial charge >= 0.3 is 0 Å². The van der Waals surface area contributed by atoms with Gasteiger partial charge in [-0.05, 0) is 24.6 Å². The van der Waals surface area contributed by atoms with Crippen LogP contribution in [0.25, 0.3) is 22.2 Å². The zero-order chi connectivity index (χ0) is 20.2. The molecule has 0 unspecified atom stereocenters. The summed E-state index contributed by atoms with van der Waals surface area (Å²) >= 11 is 0. The van der Waals surface area contributed by atoms with Crippen LogP contribution in [-0.2, 0) is 6.54 Å². The van der Waals surface area contributed by atoms with Crippen molar-refractivity contribution in [2.24, 2.45) is 4.99 Å². The van der Waals surface area contributed by atoms with Crippen molar-refractivity contribution in [1.29, 1.82) is 0 Å². The van der Waals surface area contributed by atoms with E-state index < -0.39 is 0 Å². The molecule has 146 valence electrons. The number of nitrogens with two attached hydrogens (primary N) is 2. The number of hydrogen-bond acceptors (Lipinski definition) is 6. The number of pyridine rings is 2. The van der Waals surface area contributed by atoms with E-state index in [1.54, 1.807) is 35.3 Å². The van der Waals surface area contributed by atoms with Crippen LogP contribution in [0.1, 0.15) is 12.0 Å². The van der Waals surface area contributed by atoms with Crippen LogP contribution < -0.4 is 17.0 Å². The van der Waals surface area contributed by atoms with Crippen LogP contribution in [0.3, 0.4) is 0 Å². The molecule has 0 fully saturated rings. The van der Waals surface area contributed by atoms with Crippen molar-refractivity contribution in [3.05, 3.63) is 70.8 Å². The van der Waals surface area contributed by atoms with E-state index in [9.17, 15) is 4.79 Å². The highest BCUT2D eigenvalue weighted by Crippen LogP contribution is 2.29. The monoisotopic (exact) mass is 387 g/mol. The van der Waals surface area contributed by atoms with Gasteiger partial charge in [0.1, 0.15) is 5.82 Å². The number of rotatable bonds is 6. The van der Waals surface area contributed by atoms with Gasteiger partial charge in [0.2, 0.25) is 5.56 Å². The summed E-state index contributed by atoms with van der Waals surface area (Å²) in [7, 11) is 0. The second-order valence-electron chi connectivity index (χ2n) is 6.65. The molecule has 0 amide bonds. The van der Waals surface area contributed by atoms with Gasteiger partial charge in [-0.3, -0.25) is 14.9 Å². The van der Waals surface area contributed by atoms with E-state index >= 15 is 0 Å². The first-order valence-corrected chi connectivity index (χ1v) is 9.27. The van der Waals surface area contributed by atoms with Gasteiger partial charge in [-0.15, -0.1) is 0 Å². The van der Waals surface area contributed by atoms with Crippen molar-refractivity contribution in [3.8, 4) is 11.3 Å². The molecule has 3 aromatic heterocycles. The van der Waals surface area contributed by atoms with Gasteiger partial charge in [0.05, 0.1) is 16.9 Å². The molecule has 1 aromatic carbocycles. The molecule has 5 N–H and O–H groups in total. The smallest absolute Gasteiger partial charge is 0.250 e. The van der Waals surface area contributed by atoms with E-state index in [1.807, 2.05) is 30.3 Å². The summed E-state index contributed by atoms with van der Waals surface area (Å²) in [6.45, 7) is 1.18. The minimum atomic E-state index is -0.0123. The number of anilines is 2. The number of fused-ring (bicyclic) bond motifs is 1. The van der Waals surface area contributed by atoms with Crippen molar-refractivity contribution in [2.75, 3.05) is 18.0 Å². The Kier molecular flexibility index (Phi) is 5.07. The summed E-state index contributed by atoms with van der Waals surface area (Å²) in [5.41, 5.74) is 15.9. The molecule has 0 spiro atoms. The summed E-state index contributed by atoms with van der Waals surface area (Å²) in [6, 6.07) is 12.9. The molecule has 3 heterocycles. The standard InChI is InChI=1S/C21H21N7O/c22-20-16(13-24-8-3-11-28-10-2-1-4-19(28)29)15-6-5-14(17-7-9-25-27-17)12-18(15)26-21(20)23/h1-2,4-7,9-10,12-13H,3,8,11,22H2,(H2,23,26)(H,25,27). The second-order valence-corrected chi connectivity index (χ2v) is 6.65. The average molecular weight is 387 g/mol. The van der Waals surface area contributed by atoms with Crippen LogP contribution >= 0.6 is 0 Å². The lowest BCUT2D eigenvalue weighted by atomic mass is 10.0. The Morgan fingerprint density at radius 3 is 2.86 bits per heavy atom. The fourth-order valence-electron chi connectivity index (χ4n) is 3.18. The number of aryl methyl sites for hydroxylation is 1. The molecule has 0 aliphatic carbocycles. The minimum absolute atomic E-state index is 0.0123. The SMILES string of the molecule is Nc1nc2cc(-c3ccn[nH]3)ccc2c(C=NCCCn2ccccc2=O)c1N. The number of H-pyrrole nitrogens is 1. The molecule has 0 saturated heterocycles. The first-order chi connectivity index (χ1) is 14.1. The zero-order valence-corrected chi connectivity index (χ0v) is 15.7. The Labute approximate surface area is 166 Å². The first kappa shape index (κ1) is 18.4. The molecular weight excluding hydrogens is 366 g/mol. The molecule has 29 heavy (non-hydrogen) atoms. The Morgan fingerprint density at radius 2 is 2.07 bits per heavy atom. The fraction of sp³-hybridized carbons (Fsp3) is 0.143. The van der Waals surface area contributed by atoms with E-state index in [4.69, 9.17) is 11.5 Å². The first-order valence-electron chi connectivity index (χ1n) is 9.27. The molecule has 0 saturated carbocycles. The number of aromatic amines is 1. The fourth-order valence-corrected chi connectivity index (χ4v) is 3.18. The number of benzene rings is 1. The molecular formula is C21H21N7O. The third kappa shape index (κ3) is 3.86. The van der Waals surface area contributed by atoms with Gasteiger partial charge in [0.15, 0.2) is 0 Å². The van der Waals surface area contributed by atoms with E-state index in [1.165, 1.54) is 0 Å². The van der Waals surface area contributed by atoms with E-state index in [-0.39, 0.29) is 11.4 Å². The van der Waals surface area contributed by atoms with Gasteiger partial charge in [-0.1, -0.05) is 18.2 Å². The van der Waals surface area contributed by atoms with Gasteiger partial charge in [0, 0.05) is 54.3 Å². The molecule has 0 aliphatic heterocycles. The van der Waals surface area contributed by atoms with Crippen LogP contribution in [0.15, 0.2) is 64.6 Å². The van der Waals surface area contributed by atoms with Crippen LogP contribution in [-0.4, -0.2) is 32.5 Å². The maximum atomic E-state index is 11.7. The molecule has 8 nitrogen and oxygen atoms in total. The maximum Gasteiger partial charge on any atom is 0.250 e. The van der Waals surface area contributed by atoms with Crippen molar-refractivity contribution in [3.63, 3.8) is 0 Å². The zero-order valence-electron chi connectivity index (χ0n) is 15.7. The Balaban J connectivity index is 1.56. The van der Waals surface area contributed by atoms with Crippen LogP contribution in [0, 0.1) is 0 Å². The van der Waals surface area contributed by atoms with Crippen molar-refractivity contribution in [2.45, 2.75) is 13.0 Å². The number of aromatic nitrogens is 4. The highest BCUT2D eigenvalue weighted by atomic mass is 16.1. The predicted molar refractivity (Wildman–Crippen MR) is 116 cm³/mol. The highest BCUT2D eigenvalue weighted by Gasteiger charge is 2.11. The minimum Gasteiger partial charge on any atom is -0.395 e. The summed E-state index contributed by atoms with van der Waals surface area (Å²) in [5, 5.41) is 7.80. The lowest BCUT2D eigenvalue weighted by Crippen LogP contribution is -2.18. The summed E-state index contributed by atoms with van der Waals surface area (Å²) in [5.74, 6) is 0.275. The van der Waals surface area contributed by atoms with E-state index in [0.717, 1.165) is 34.1 Å². The third-order valence-corrected chi connectivity index (χ3v) is 4.71. The summed E-state index contributed by atoms with van der Waals surface area (Å²) in [6.07, 6.45) is 5.95. The number of nitrogen functional groups attached to an aromatic ring is 2. The van der Waals surface area contributed by atoms with E-state index in [2.05, 4.69) is 20.2 Å². The van der Waals surface area contributed by atoms with Crippen molar-refractivity contribution >= 4 is 28.6 Å². The van der Waals surface area contributed by atoms with Crippen LogP contribution in [0.4, 0.5) is 11.5 Å². The lowest BCUT2D eigenvalue weighted by molar-refractivity contribution is 0.631. The third-order valence-electron chi connectivity index (χ3n) is 4.71. The number of nitrogens with zero attached hydrogens (tertiary/aromatic N) is 4. The molecule has 4 aromatic rings. The predicted octanol–water partition coefficient (Wildman–Crippen LogP) is 2.46.